The SMILES string of the molecule is CN=C(NCCNC(=O)C(C)(C)C)N1CCOC(c2cccc(C(F)(F)F)c2)C1.I. The molecule has 170 valence electrons. The van der Waals surface area contributed by atoms with E-state index in [0.29, 0.717) is 44.3 Å². The average molecular weight is 542 g/mol. The van der Waals surface area contributed by atoms with Crippen molar-refractivity contribution in [2.24, 2.45) is 10.4 Å². The van der Waals surface area contributed by atoms with E-state index in [0.717, 1.165) is 12.1 Å². The normalized spacial score (nSPS) is 17.9. The standard InChI is InChI=1S/C20H29F3N4O2.HI/c1-19(2,3)17(28)25-8-9-26-18(24-4)27-10-11-29-16(13-27)14-6-5-7-15(12-14)20(21,22)23;/h5-7,12,16H,8-11,13H2,1-4H3,(H,24,26)(H,25,28);1H. The van der Waals surface area contributed by atoms with Crippen LogP contribution in [0.3, 0.4) is 0 Å². The van der Waals surface area contributed by atoms with Gasteiger partial charge in [0.25, 0.3) is 0 Å². The summed E-state index contributed by atoms with van der Waals surface area (Å²) >= 11 is 0. The first-order valence-corrected chi connectivity index (χ1v) is 9.55. The summed E-state index contributed by atoms with van der Waals surface area (Å²) in [5.74, 6) is 0.584. The Morgan fingerprint density at radius 1 is 1.23 bits per heavy atom. The number of morpholine rings is 1. The Morgan fingerprint density at radius 2 is 1.90 bits per heavy atom. The topological polar surface area (TPSA) is 66.0 Å². The number of hydrogen-bond donors (Lipinski definition) is 2. The highest BCUT2D eigenvalue weighted by atomic mass is 127. The van der Waals surface area contributed by atoms with E-state index in [9.17, 15) is 18.0 Å². The van der Waals surface area contributed by atoms with Crippen molar-refractivity contribution in [3.05, 3.63) is 35.4 Å². The summed E-state index contributed by atoms with van der Waals surface area (Å²) in [6, 6.07) is 5.22. The Labute approximate surface area is 192 Å². The quantitative estimate of drug-likeness (QED) is 0.265. The molecule has 0 aromatic heterocycles. The van der Waals surface area contributed by atoms with Gasteiger partial charge in [0.2, 0.25) is 5.91 Å². The van der Waals surface area contributed by atoms with Crippen molar-refractivity contribution in [3.8, 4) is 0 Å². The molecule has 30 heavy (non-hydrogen) atoms. The number of hydrogen-bond acceptors (Lipinski definition) is 3. The molecule has 1 aliphatic heterocycles. The van der Waals surface area contributed by atoms with Gasteiger partial charge in [-0.2, -0.15) is 13.2 Å². The number of alkyl halides is 3. The molecule has 1 aliphatic rings. The van der Waals surface area contributed by atoms with E-state index in [2.05, 4.69) is 15.6 Å². The Kier molecular flexibility index (Phi) is 9.86. The van der Waals surface area contributed by atoms with E-state index in [4.69, 9.17) is 4.74 Å². The van der Waals surface area contributed by atoms with Gasteiger partial charge in [-0.3, -0.25) is 9.79 Å². The van der Waals surface area contributed by atoms with Crippen LogP contribution >= 0.6 is 24.0 Å². The lowest BCUT2D eigenvalue weighted by Gasteiger charge is -2.35. The molecule has 6 nitrogen and oxygen atoms in total. The van der Waals surface area contributed by atoms with E-state index in [1.807, 2.05) is 25.7 Å². The number of nitrogens with one attached hydrogen (secondary N) is 2. The number of benzene rings is 1. The van der Waals surface area contributed by atoms with Crippen LogP contribution in [0.1, 0.15) is 38.0 Å². The van der Waals surface area contributed by atoms with Crippen LogP contribution in [0.5, 0.6) is 0 Å². The molecule has 2 N–H and O–H groups in total. The van der Waals surface area contributed by atoms with Gasteiger partial charge in [-0.15, -0.1) is 24.0 Å². The molecule has 2 rings (SSSR count). The fraction of sp³-hybridized carbons (Fsp3) is 0.600. The van der Waals surface area contributed by atoms with Crippen molar-refractivity contribution in [1.29, 1.82) is 0 Å². The van der Waals surface area contributed by atoms with E-state index in [1.165, 1.54) is 6.07 Å². The summed E-state index contributed by atoms with van der Waals surface area (Å²) in [4.78, 5) is 18.1. The smallest absolute Gasteiger partial charge is 0.370 e. The first-order valence-electron chi connectivity index (χ1n) is 9.55. The highest BCUT2D eigenvalue weighted by Crippen LogP contribution is 2.32. The summed E-state index contributed by atoms with van der Waals surface area (Å²) in [5, 5.41) is 6.03. The van der Waals surface area contributed by atoms with Crippen LogP contribution in [0.25, 0.3) is 0 Å². The van der Waals surface area contributed by atoms with Gasteiger partial charge in [-0.25, -0.2) is 0 Å². The molecule has 0 bridgehead atoms. The molecule has 1 fully saturated rings. The molecule has 0 spiro atoms. The molecule has 1 aromatic carbocycles. The van der Waals surface area contributed by atoms with Crippen LogP contribution in [0.15, 0.2) is 29.3 Å². The zero-order valence-electron chi connectivity index (χ0n) is 17.7. The molecule has 0 saturated carbocycles. The molecule has 10 heteroatoms. The number of guanidine groups is 1. The lowest BCUT2D eigenvalue weighted by atomic mass is 9.96. The molecule has 1 aromatic rings. The Morgan fingerprint density at radius 3 is 2.50 bits per heavy atom. The van der Waals surface area contributed by atoms with Crippen LogP contribution in [0, 0.1) is 5.41 Å². The number of nitrogens with zero attached hydrogens (tertiary/aromatic N) is 2. The maximum atomic E-state index is 13.0. The third kappa shape index (κ3) is 7.60. The molecular formula is C20H30F3IN4O2. The van der Waals surface area contributed by atoms with Crippen molar-refractivity contribution in [3.63, 3.8) is 0 Å². The van der Waals surface area contributed by atoms with Crippen molar-refractivity contribution in [1.82, 2.24) is 15.5 Å². The fourth-order valence-corrected chi connectivity index (χ4v) is 2.91. The highest BCUT2D eigenvalue weighted by Gasteiger charge is 2.32. The number of aliphatic imine (C=N–C) groups is 1. The molecule has 1 saturated heterocycles. The van der Waals surface area contributed by atoms with Gasteiger partial charge in [-0.1, -0.05) is 32.9 Å². The van der Waals surface area contributed by atoms with Crippen LogP contribution in [-0.2, 0) is 15.7 Å². The van der Waals surface area contributed by atoms with Crippen LogP contribution in [-0.4, -0.2) is 56.6 Å². The number of carbonyl (C=O) groups is 1. The number of halogens is 4. The second-order valence-electron chi connectivity index (χ2n) is 7.91. The van der Waals surface area contributed by atoms with Gasteiger partial charge in [0, 0.05) is 32.1 Å². The maximum absolute atomic E-state index is 13.0. The van der Waals surface area contributed by atoms with Crippen molar-refractivity contribution >= 4 is 35.8 Å². The number of rotatable bonds is 4. The molecule has 1 amide bonds. The Balaban J connectivity index is 0.00000450. The summed E-state index contributed by atoms with van der Waals surface area (Å²) < 4.78 is 44.7. The first kappa shape index (κ1) is 26.5. The number of amides is 1. The van der Waals surface area contributed by atoms with E-state index < -0.39 is 23.3 Å². The summed E-state index contributed by atoms with van der Waals surface area (Å²) in [7, 11) is 1.64. The van der Waals surface area contributed by atoms with Gasteiger partial charge in [0.1, 0.15) is 6.10 Å². The molecule has 0 radical (unpaired) electrons. The monoisotopic (exact) mass is 542 g/mol. The first-order chi connectivity index (χ1) is 13.5. The van der Waals surface area contributed by atoms with Crippen LogP contribution in [0.2, 0.25) is 0 Å². The van der Waals surface area contributed by atoms with E-state index >= 15 is 0 Å². The number of ether oxygens (including phenoxy) is 1. The highest BCUT2D eigenvalue weighted by molar-refractivity contribution is 14.0. The minimum Gasteiger partial charge on any atom is -0.370 e. The predicted molar refractivity (Wildman–Crippen MR) is 121 cm³/mol. The van der Waals surface area contributed by atoms with Gasteiger partial charge in [-0.05, 0) is 17.7 Å². The Bertz CT molecular complexity index is 735. The lowest BCUT2D eigenvalue weighted by molar-refractivity contribution is -0.137. The minimum absolute atomic E-state index is 0. The molecule has 0 aliphatic carbocycles. The summed E-state index contributed by atoms with van der Waals surface area (Å²) in [6.07, 6.45) is -4.87. The second-order valence-corrected chi connectivity index (χ2v) is 7.91. The van der Waals surface area contributed by atoms with Gasteiger partial charge in [0.05, 0.1) is 18.7 Å². The average Bonchev–Trinajstić information content (AvgIpc) is 2.66. The molecule has 1 heterocycles. The maximum Gasteiger partial charge on any atom is 0.416 e. The van der Waals surface area contributed by atoms with Gasteiger partial charge in [0.15, 0.2) is 5.96 Å². The van der Waals surface area contributed by atoms with E-state index in [-0.39, 0.29) is 29.9 Å². The third-order valence-corrected chi connectivity index (χ3v) is 4.54. The van der Waals surface area contributed by atoms with Crippen molar-refractivity contribution < 1.29 is 22.7 Å². The zero-order chi connectivity index (χ0) is 21.7. The van der Waals surface area contributed by atoms with Crippen molar-refractivity contribution in [2.75, 3.05) is 39.8 Å². The largest absolute Gasteiger partial charge is 0.416 e. The van der Waals surface area contributed by atoms with Gasteiger partial charge >= 0.3 is 6.18 Å². The summed E-state index contributed by atoms with van der Waals surface area (Å²) in [6.45, 7) is 7.79. The van der Waals surface area contributed by atoms with Crippen LogP contribution < -0.4 is 10.6 Å². The predicted octanol–water partition coefficient (Wildman–Crippen LogP) is 3.43. The minimum atomic E-state index is -4.39. The lowest BCUT2D eigenvalue weighted by Crippen LogP contribution is -2.49. The van der Waals surface area contributed by atoms with Gasteiger partial charge < -0.3 is 20.3 Å². The molecule has 1 unspecified atom stereocenters. The van der Waals surface area contributed by atoms with E-state index in [1.54, 1.807) is 13.1 Å². The summed E-state index contributed by atoms with van der Waals surface area (Å²) in [5.41, 5.74) is -0.658. The number of carbonyl (C=O) groups excluding carboxylic acids is 1. The third-order valence-electron chi connectivity index (χ3n) is 4.54. The molecular weight excluding hydrogens is 512 g/mol. The van der Waals surface area contributed by atoms with Crippen molar-refractivity contribution in [2.45, 2.75) is 33.1 Å². The fourth-order valence-electron chi connectivity index (χ4n) is 2.91. The zero-order valence-corrected chi connectivity index (χ0v) is 20.0. The Hall–Kier alpha value is -1.56. The molecule has 1 atom stereocenters. The second kappa shape index (κ2) is 11.2. The van der Waals surface area contributed by atoms with Crippen LogP contribution in [0.4, 0.5) is 13.2 Å².